The highest BCUT2D eigenvalue weighted by molar-refractivity contribution is 7.90. The number of nitrogens with two attached hydrogens (primary N) is 1. The van der Waals surface area contributed by atoms with Gasteiger partial charge in [0.2, 0.25) is 10.0 Å². The molecule has 0 aliphatic heterocycles. The van der Waals surface area contributed by atoms with Crippen LogP contribution in [0.2, 0.25) is 0 Å². The van der Waals surface area contributed by atoms with Crippen LogP contribution in [-0.2, 0) is 10.0 Å². The van der Waals surface area contributed by atoms with Gasteiger partial charge in [-0.25, -0.2) is 13.6 Å². The minimum atomic E-state index is -3.21. The van der Waals surface area contributed by atoms with Crippen LogP contribution in [0, 0.1) is 11.8 Å². The molecule has 0 aromatic rings. The second kappa shape index (κ2) is 2.20. The molecule has 0 aromatic heterocycles. The molecule has 0 radical (unpaired) electrons. The van der Waals surface area contributed by atoms with E-state index in [-0.39, 0.29) is 5.25 Å². The second-order valence-corrected chi connectivity index (χ2v) is 5.39. The fourth-order valence-electron chi connectivity index (χ4n) is 2.41. The number of hydrogen-bond donors (Lipinski definition) is 1. The van der Waals surface area contributed by atoms with Crippen molar-refractivity contribution in [1.82, 2.24) is 0 Å². The summed E-state index contributed by atoms with van der Waals surface area (Å²) in [4.78, 5) is 0. The molecule has 2 rings (SSSR count). The van der Waals surface area contributed by atoms with Gasteiger partial charge in [0.1, 0.15) is 0 Å². The number of rotatable bonds is 1. The van der Waals surface area contributed by atoms with Gasteiger partial charge in [0, 0.05) is 0 Å². The highest BCUT2D eigenvalue weighted by Crippen LogP contribution is 2.52. The third-order valence-corrected chi connectivity index (χ3v) is 4.42. The van der Waals surface area contributed by atoms with Crippen molar-refractivity contribution in [2.45, 2.75) is 30.9 Å². The first kappa shape index (κ1) is 7.55. The van der Waals surface area contributed by atoms with E-state index in [0.717, 1.165) is 12.8 Å². The van der Waals surface area contributed by atoms with E-state index in [1.807, 2.05) is 0 Å². The molecule has 0 heterocycles. The SMILES string of the molecule is NS(=O)(=O)C1C2CCCCC21. The van der Waals surface area contributed by atoms with Crippen LogP contribution in [0.15, 0.2) is 0 Å². The van der Waals surface area contributed by atoms with Gasteiger partial charge >= 0.3 is 0 Å². The van der Waals surface area contributed by atoms with E-state index in [1.165, 1.54) is 12.8 Å². The van der Waals surface area contributed by atoms with E-state index in [4.69, 9.17) is 5.14 Å². The molecule has 0 saturated heterocycles. The molecule has 0 amide bonds. The Morgan fingerprint density at radius 2 is 1.55 bits per heavy atom. The van der Waals surface area contributed by atoms with Crippen LogP contribution in [-0.4, -0.2) is 13.7 Å². The number of fused-ring (bicyclic) bond motifs is 1. The molecular formula is C7H13NO2S. The molecular weight excluding hydrogens is 162 g/mol. The Morgan fingerprint density at radius 1 is 1.09 bits per heavy atom. The van der Waals surface area contributed by atoms with E-state index in [2.05, 4.69) is 0 Å². The fourth-order valence-corrected chi connectivity index (χ4v) is 3.97. The highest BCUT2D eigenvalue weighted by atomic mass is 32.2. The lowest BCUT2D eigenvalue weighted by molar-refractivity contribution is 0.480. The summed E-state index contributed by atoms with van der Waals surface area (Å²) in [5, 5.41) is 4.90. The quantitative estimate of drug-likeness (QED) is 0.629. The van der Waals surface area contributed by atoms with Gasteiger partial charge in [-0.3, -0.25) is 0 Å². The van der Waals surface area contributed by atoms with Gasteiger partial charge in [-0.1, -0.05) is 12.8 Å². The van der Waals surface area contributed by atoms with Crippen LogP contribution >= 0.6 is 0 Å². The molecule has 0 bridgehead atoms. The predicted molar refractivity (Wildman–Crippen MR) is 42.3 cm³/mol. The Balaban J connectivity index is 2.12. The van der Waals surface area contributed by atoms with E-state index >= 15 is 0 Å². The van der Waals surface area contributed by atoms with E-state index < -0.39 is 10.0 Å². The Hall–Kier alpha value is -0.0900. The standard InChI is InChI=1S/C7H13NO2S/c8-11(9,10)7-5-3-1-2-4-6(5)7/h5-7H,1-4H2,(H2,8,9,10). The summed E-state index contributed by atoms with van der Waals surface area (Å²) in [6.45, 7) is 0. The molecule has 11 heavy (non-hydrogen) atoms. The molecule has 0 spiro atoms. The Bertz CT molecular complexity index is 248. The van der Waals surface area contributed by atoms with Crippen LogP contribution in [0.1, 0.15) is 25.7 Å². The number of hydrogen-bond acceptors (Lipinski definition) is 2. The maximum absolute atomic E-state index is 10.9. The monoisotopic (exact) mass is 175 g/mol. The smallest absolute Gasteiger partial charge is 0.212 e. The zero-order chi connectivity index (χ0) is 8.06. The molecule has 2 fully saturated rings. The first-order valence-electron chi connectivity index (χ1n) is 4.12. The van der Waals surface area contributed by atoms with Gasteiger partial charge in [-0.2, -0.15) is 0 Å². The summed E-state index contributed by atoms with van der Waals surface area (Å²) in [5.41, 5.74) is 0. The molecule has 2 saturated carbocycles. The summed E-state index contributed by atoms with van der Waals surface area (Å²) in [6.07, 6.45) is 4.53. The molecule has 2 unspecified atom stereocenters. The summed E-state index contributed by atoms with van der Waals surface area (Å²) < 4.78 is 21.9. The Morgan fingerprint density at radius 3 is 1.91 bits per heavy atom. The highest BCUT2D eigenvalue weighted by Gasteiger charge is 2.56. The lowest BCUT2D eigenvalue weighted by atomic mass is 10.0. The first-order chi connectivity index (χ1) is 5.11. The average Bonchev–Trinajstić information content (AvgIpc) is 2.58. The van der Waals surface area contributed by atoms with E-state index in [0.29, 0.717) is 11.8 Å². The summed E-state index contributed by atoms with van der Waals surface area (Å²) in [6, 6.07) is 0. The van der Waals surface area contributed by atoms with Gasteiger partial charge in [-0.05, 0) is 24.7 Å². The predicted octanol–water partition coefficient (Wildman–Crippen LogP) is 0.464. The summed E-state index contributed by atoms with van der Waals surface area (Å²) in [5.74, 6) is 0.831. The summed E-state index contributed by atoms with van der Waals surface area (Å²) in [7, 11) is -3.21. The van der Waals surface area contributed by atoms with Gasteiger partial charge in [-0.15, -0.1) is 0 Å². The lowest BCUT2D eigenvalue weighted by Gasteiger charge is -2.04. The van der Waals surface area contributed by atoms with Crippen LogP contribution < -0.4 is 5.14 Å². The van der Waals surface area contributed by atoms with Crippen molar-refractivity contribution in [1.29, 1.82) is 0 Å². The van der Waals surface area contributed by atoms with Gasteiger partial charge < -0.3 is 0 Å². The van der Waals surface area contributed by atoms with E-state index in [9.17, 15) is 8.42 Å². The fraction of sp³-hybridized carbons (Fsp3) is 1.00. The van der Waals surface area contributed by atoms with E-state index in [1.54, 1.807) is 0 Å². The van der Waals surface area contributed by atoms with Crippen molar-refractivity contribution in [3.63, 3.8) is 0 Å². The van der Waals surface area contributed by atoms with Crippen molar-refractivity contribution < 1.29 is 8.42 Å². The van der Waals surface area contributed by atoms with Gasteiger partial charge in [0.15, 0.2) is 0 Å². The van der Waals surface area contributed by atoms with Crippen LogP contribution in [0.5, 0.6) is 0 Å². The summed E-state index contributed by atoms with van der Waals surface area (Å²) >= 11 is 0. The normalized spacial score (nSPS) is 43.2. The lowest BCUT2D eigenvalue weighted by Crippen LogP contribution is -2.19. The van der Waals surface area contributed by atoms with Crippen molar-refractivity contribution in [2.75, 3.05) is 0 Å². The van der Waals surface area contributed by atoms with Crippen LogP contribution in [0.25, 0.3) is 0 Å². The molecule has 0 aromatic carbocycles. The largest absolute Gasteiger partial charge is 0.228 e. The minimum absolute atomic E-state index is 0.176. The first-order valence-corrected chi connectivity index (χ1v) is 5.73. The number of primary sulfonamides is 1. The minimum Gasteiger partial charge on any atom is -0.228 e. The average molecular weight is 175 g/mol. The van der Waals surface area contributed by atoms with Crippen LogP contribution in [0.4, 0.5) is 0 Å². The number of sulfonamides is 1. The maximum atomic E-state index is 10.9. The molecule has 2 atom stereocenters. The Labute approximate surface area is 67.0 Å². The molecule has 64 valence electrons. The van der Waals surface area contributed by atoms with Crippen molar-refractivity contribution >= 4 is 10.0 Å². The molecule has 4 heteroatoms. The zero-order valence-corrected chi connectivity index (χ0v) is 7.18. The zero-order valence-electron chi connectivity index (χ0n) is 6.36. The molecule has 3 nitrogen and oxygen atoms in total. The van der Waals surface area contributed by atoms with Gasteiger partial charge in [0.25, 0.3) is 0 Å². The maximum Gasteiger partial charge on any atom is 0.212 e. The van der Waals surface area contributed by atoms with Crippen molar-refractivity contribution in [3.8, 4) is 0 Å². The molecule has 2 aliphatic carbocycles. The van der Waals surface area contributed by atoms with Crippen molar-refractivity contribution in [3.05, 3.63) is 0 Å². The molecule has 2 N–H and O–H groups in total. The van der Waals surface area contributed by atoms with Crippen LogP contribution in [0.3, 0.4) is 0 Å². The van der Waals surface area contributed by atoms with Gasteiger partial charge in [0.05, 0.1) is 5.25 Å². The Kier molecular flexibility index (Phi) is 1.51. The second-order valence-electron chi connectivity index (χ2n) is 3.67. The third kappa shape index (κ3) is 1.18. The molecule has 2 aliphatic rings. The van der Waals surface area contributed by atoms with Crippen molar-refractivity contribution in [2.24, 2.45) is 17.0 Å². The third-order valence-electron chi connectivity index (χ3n) is 2.96. The topological polar surface area (TPSA) is 60.2 Å².